The number of thiazole rings is 1. The summed E-state index contributed by atoms with van der Waals surface area (Å²) in [6.45, 7) is 2.67. The Hall–Kier alpha value is -1.96. The van der Waals surface area contributed by atoms with Crippen molar-refractivity contribution in [3.05, 3.63) is 57.6 Å². The Balaban J connectivity index is 1.40. The van der Waals surface area contributed by atoms with Crippen molar-refractivity contribution in [3.8, 4) is 9.88 Å². The maximum absolute atomic E-state index is 13.1. The van der Waals surface area contributed by atoms with E-state index in [0.29, 0.717) is 23.1 Å². The molecule has 0 aliphatic carbocycles. The van der Waals surface area contributed by atoms with Gasteiger partial charge in [0.1, 0.15) is 16.5 Å². The average Bonchev–Trinajstić information content (AvgIpc) is 3.31. The molecule has 0 bridgehead atoms. The van der Waals surface area contributed by atoms with E-state index in [-0.39, 0.29) is 11.7 Å². The molecule has 0 saturated carbocycles. The Morgan fingerprint density at radius 3 is 2.46 bits per heavy atom. The SMILES string of the molecule is O=C(c1csc(-c2ccc(Cl)s2)n1)N1CCN(c2ccc(F)cc2)CC1. The molecule has 0 radical (unpaired) electrons. The van der Waals surface area contributed by atoms with Crippen molar-refractivity contribution >= 4 is 45.9 Å². The normalized spacial score (nSPS) is 14.7. The molecular formula is C18H15ClFN3OS2. The van der Waals surface area contributed by atoms with Gasteiger partial charge in [-0.05, 0) is 36.4 Å². The Morgan fingerprint density at radius 1 is 1.08 bits per heavy atom. The van der Waals surface area contributed by atoms with E-state index in [1.165, 1.54) is 34.8 Å². The lowest BCUT2D eigenvalue weighted by Crippen LogP contribution is -2.48. The van der Waals surface area contributed by atoms with Crippen molar-refractivity contribution in [3.63, 3.8) is 0 Å². The number of anilines is 1. The number of halogens is 2. The molecule has 1 amide bonds. The number of thiophene rings is 1. The van der Waals surface area contributed by atoms with Crippen molar-refractivity contribution in [2.45, 2.75) is 0 Å². The summed E-state index contributed by atoms with van der Waals surface area (Å²) in [5.74, 6) is -0.289. The second-order valence-corrected chi connectivity index (χ2v) is 8.47. The van der Waals surface area contributed by atoms with Gasteiger partial charge in [-0.3, -0.25) is 4.79 Å². The molecule has 1 aromatic carbocycles. The van der Waals surface area contributed by atoms with Gasteiger partial charge >= 0.3 is 0 Å². The largest absolute Gasteiger partial charge is 0.368 e. The molecule has 3 heterocycles. The van der Waals surface area contributed by atoms with Crippen LogP contribution >= 0.6 is 34.3 Å². The lowest BCUT2D eigenvalue weighted by Gasteiger charge is -2.35. The van der Waals surface area contributed by atoms with Gasteiger partial charge in [0.25, 0.3) is 5.91 Å². The number of hydrogen-bond donors (Lipinski definition) is 0. The highest BCUT2D eigenvalue weighted by Gasteiger charge is 2.24. The predicted octanol–water partition coefficient (Wildman–Crippen LogP) is 4.63. The summed E-state index contributed by atoms with van der Waals surface area (Å²) in [5.41, 5.74) is 1.45. The fraction of sp³-hybridized carbons (Fsp3) is 0.222. The van der Waals surface area contributed by atoms with E-state index in [1.807, 2.05) is 17.0 Å². The van der Waals surface area contributed by atoms with Crippen LogP contribution in [0.1, 0.15) is 10.5 Å². The second-order valence-electron chi connectivity index (χ2n) is 5.90. The van der Waals surface area contributed by atoms with Crippen molar-refractivity contribution in [1.82, 2.24) is 9.88 Å². The molecular weight excluding hydrogens is 393 g/mol. The molecule has 1 fully saturated rings. The van der Waals surface area contributed by atoms with Gasteiger partial charge in [0.15, 0.2) is 0 Å². The molecule has 1 aliphatic rings. The van der Waals surface area contributed by atoms with E-state index in [1.54, 1.807) is 17.5 Å². The monoisotopic (exact) mass is 407 g/mol. The highest BCUT2D eigenvalue weighted by atomic mass is 35.5. The third-order valence-electron chi connectivity index (χ3n) is 4.27. The zero-order valence-corrected chi connectivity index (χ0v) is 16.1. The van der Waals surface area contributed by atoms with E-state index in [4.69, 9.17) is 11.6 Å². The summed E-state index contributed by atoms with van der Waals surface area (Å²) in [6, 6.07) is 10.2. The molecule has 2 aromatic heterocycles. The molecule has 26 heavy (non-hydrogen) atoms. The maximum atomic E-state index is 13.1. The minimum absolute atomic E-state index is 0.0473. The fourth-order valence-electron chi connectivity index (χ4n) is 2.90. The maximum Gasteiger partial charge on any atom is 0.273 e. The molecule has 0 atom stereocenters. The molecule has 0 N–H and O–H groups in total. The number of carbonyl (C=O) groups is 1. The molecule has 3 aromatic rings. The lowest BCUT2D eigenvalue weighted by molar-refractivity contribution is 0.0742. The van der Waals surface area contributed by atoms with Crippen LogP contribution in [0, 0.1) is 5.82 Å². The minimum atomic E-state index is -0.242. The summed E-state index contributed by atoms with van der Waals surface area (Å²) in [5, 5.41) is 2.62. The Kier molecular flexibility index (Phi) is 4.93. The van der Waals surface area contributed by atoms with E-state index < -0.39 is 0 Å². The topological polar surface area (TPSA) is 36.4 Å². The quantitative estimate of drug-likeness (QED) is 0.635. The summed E-state index contributed by atoms with van der Waals surface area (Å²) in [4.78, 5) is 22.1. The van der Waals surface area contributed by atoms with Crippen LogP contribution in [-0.4, -0.2) is 42.0 Å². The fourth-order valence-corrected chi connectivity index (χ4v) is 4.80. The summed E-state index contributed by atoms with van der Waals surface area (Å²) in [7, 11) is 0. The van der Waals surface area contributed by atoms with Gasteiger partial charge in [-0.1, -0.05) is 11.6 Å². The van der Waals surface area contributed by atoms with Crippen LogP contribution < -0.4 is 4.90 Å². The standard InChI is InChI=1S/C18H15ClFN3OS2/c19-16-6-5-15(26-16)17-21-14(11-25-17)18(24)23-9-7-22(8-10-23)13-3-1-12(20)2-4-13/h1-6,11H,7-10H2. The van der Waals surface area contributed by atoms with Crippen LogP contribution in [0.2, 0.25) is 4.34 Å². The predicted molar refractivity (Wildman–Crippen MR) is 105 cm³/mol. The van der Waals surface area contributed by atoms with E-state index in [2.05, 4.69) is 9.88 Å². The molecule has 0 unspecified atom stereocenters. The number of rotatable bonds is 3. The highest BCUT2D eigenvalue weighted by Crippen LogP contribution is 2.33. The number of carbonyl (C=O) groups excluding carboxylic acids is 1. The van der Waals surface area contributed by atoms with Crippen molar-refractivity contribution < 1.29 is 9.18 Å². The number of hydrogen-bond acceptors (Lipinski definition) is 5. The number of aromatic nitrogens is 1. The first kappa shape index (κ1) is 17.5. The van der Waals surface area contributed by atoms with Crippen LogP contribution in [0.3, 0.4) is 0 Å². The van der Waals surface area contributed by atoms with Gasteiger partial charge in [-0.15, -0.1) is 22.7 Å². The van der Waals surface area contributed by atoms with Gasteiger partial charge < -0.3 is 9.80 Å². The van der Waals surface area contributed by atoms with Crippen LogP contribution in [0.5, 0.6) is 0 Å². The molecule has 1 aliphatic heterocycles. The third kappa shape index (κ3) is 3.60. The first-order valence-electron chi connectivity index (χ1n) is 8.11. The minimum Gasteiger partial charge on any atom is -0.368 e. The first-order chi connectivity index (χ1) is 12.6. The Bertz CT molecular complexity index is 917. The van der Waals surface area contributed by atoms with E-state index >= 15 is 0 Å². The third-order valence-corrected chi connectivity index (χ3v) is 6.51. The van der Waals surface area contributed by atoms with Gasteiger partial charge in [-0.25, -0.2) is 9.37 Å². The second kappa shape index (κ2) is 7.34. The number of nitrogens with zero attached hydrogens (tertiary/aromatic N) is 3. The average molecular weight is 408 g/mol. The Labute approximate surface area is 163 Å². The van der Waals surface area contributed by atoms with Crippen LogP contribution in [0.15, 0.2) is 41.8 Å². The van der Waals surface area contributed by atoms with Gasteiger partial charge in [0, 0.05) is 37.2 Å². The smallest absolute Gasteiger partial charge is 0.273 e. The molecule has 8 heteroatoms. The molecule has 1 saturated heterocycles. The zero-order chi connectivity index (χ0) is 18.1. The lowest BCUT2D eigenvalue weighted by atomic mass is 10.2. The van der Waals surface area contributed by atoms with Gasteiger partial charge in [0.05, 0.1) is 9.21 Å². The zero-order valence-electron chi connectivity index (χ0n) is 13.7. The van der Waals surface area contributed by atoms with Crippen molar-refractivity contribution in [2.75, 3.05) is 31.1 Å². The number of amides is 1. The van der Waals surface area contributed by atoms with Crippen LogP contribution in [0.25, 0.3) is 9.88 Å². The van der Waals surface area contributed by atoms with Crippen LogP contribution in [0.4, 0.5) is 10.1 Å². The van der Waals surface area contributed by atoms with E-state index in [0.717, 1.165) is 28.7 Å². The van der Waals surface area contributed by atoms with Gasteiger partial charge in [-0.2, -0.15) is 0 Å². The Morgan fingerprint density at radius 2 is 1.81 bits per heavy atom. The summed E-state index contributed by atoms with van der Waals surface area (Å²) >= 11 is 8.88. The van der Waals surface area contributed by atoms with Crippen molar-refractivity contribution in [1.29, 1.82) is 0 Å². The number of piperazine rings is 1. The molecule has 4 nitrogen and oxygen atoms in total. The van der Waals surface area contributed by atoms with E-state index in [9.17, 15) is 9.18 Å². The summed E-state index contributed by atoms with van der Waals surface area (Å²) in [6.07, 6.45) is 0. The van der Waals surface area contributed by atoms with Crippen LogP contribution in [-0.2, 0) is 0 Å². The number of benzene rings is 1. The van der Waals surface area contributed by atoms with Gasteiger partial charge in [0.2, 0.25) is 0 Å². The first-order valence-corrected chi connectivity index (χ1v) is 10.2. The highest BCUT2D eigenvalue weighted by molar-refractivity contribution is 7.23. The molecule has 4 rings (SSSR count). The molecule has 134 valence electrons. The molecule has 0 spiro atoms. The summed E-state index contributed by atoms with van der Waals surface area (Å²) < 4.78 is 13.8. The van der Waals surface area contributed by atoms with Crippen molar-refractivity contribution in [2.24, 2.45) is 0 Å².